The Bertz CT molecular complexity index is 1830. The van der Waals surface area contributed by atoms with Gasteiger partial charge in [0.1, 0.15) is 23.8 Å². The van der Waals surface area contributed by atoms with E-state index in [-0.39, 0.29) is 28.5 Å². The van der Waals surface area contributed by atoms with Gasteiger partial charge < -0.3 is 9.52 Å². The molecule has 6 rings (SSSR count). The van der Waals surface area contributed by atoms with Gasteiger partial charge in [0.25, 0.3) is 11.8 Å². The van der Waals surface area contributed by atoms with Crippen molar-refractivity contribution in [2.75, 3.05) is 4.90 Å². The van der Waals surface area contributed by atoms with Crippen molar-refractivity contribution in [3.63, 3.8) is 0 Å². The van der Waals surface area contributed by atoms with E-state index in [0.717, 1.165) is 13.9 Å². The summed E-state index contributed by atoms with van der Waals surface area (Å²) >= 11 is 13.7. The van der Waals surface area contributed by atoms with E-state index in [9.17, 15) is 46.2 Å². The molecule has 1 N–H and O–H groups in total. The fourth-order valence-electron chi connectivity index (χ4n) is 5.88. The number of imide groups is 1. The molecular formula is C24H15Cl2F5N4O6. The molecule has 0 radical (unpaired) electrons. The third kappa shape index (κ3) is 3.16. The second kappa shape index (κ2) is 8.66. The molecule has 41 heavy (non-hydrogen) atoms. The molecule has 2 fully saturated rings. The predicted molar refractivity (Wildman–Crippen MR) is 129 cm³/mol. The Balaban J connectivity index is 1.64. The van der Waals surface area contributed by atoms with Crippen molar-refractivity contribution in [1.82, 2.24) is 13.9 Å². The number of anilines is 1. The monoisotopic (exact) mass is 620 g/mol. The molecule has 1 aliphatic carbocycles. The first-order valence-corrected chi connectivity index (χ1v) is 12.5. The average molecular weight is 621 g/mol. The summed E-state index contributed by atoms with van der Waals surface area (Å²) < 4.78 is 80.3. The normalized spacial score (nSPS) is 27.1. The highest BCUT2D eigenvalue weighted by Crippen LogP contribution is 2.64. The molecule has 0 unspecified atom stereocenters. The topological polar surface area (TPSA) is 120 Å². The summed E-state index contributed by atoms with van der Waals surface area (Å²) in [5.74, 6) is -17.4. The Labute approximate surface area is 234 Å². The van der Waals surface area contributed by atoms with Crippen molar-refractivity contribution in [3.8, 4) is 0 Å². The molecule has 2 aromatic heterocycles. The number of hydrogen-bond donors (Lipinski definition) is 1. The van der Waals surface area contributed by atoms with Crippen molar-refractivity contribution < 1.29 is 41.1 Å². The zero-order chi connectivity index (χ0) is 29.9. The predicted octanol–water partition coefficient (Wildman–Crippen LogP) is 2.33. The summed E-state index contributed by atoms with van der Waals surface area (Å²) in [6.45, 7) is -0.825. The van der Waals surface area contributed by atoms with Gasteiger partial charge in [-0.1, -0.05) is 6.08 Å². The highest BCUT2D eigenvalue weighted by Gasteiger charge is 2.76. The van der Waals surface area contributed by atoms with Crippen LogP contribution in [-0.4, -0.2) is 40.6 Å². The highest BCUT2D eigenvalue weighted by atomic mass is 35.5. The van der Waals surface area contributed by atoms with E-state index >= 15 is 0 Å². The number of alkyl halides is 2. The molecule has 0 spiro atoms. The minimum Gasteiger partial charge on any atom is -0.463 e. The number of benzene rings is 1. The number of aromatic nitrogens is 3. The van der Waals surface area contributed by atoms with Crippen LogP contribution in [0.3, 0.4) is 0 Å². The van der Waals surface area contributed by atoms with Crippen LogP contribution in [0.15, 0.2) is 37.8 Å². The van der Waals surface area contributed by atoms with Gasteiger partial charge >= 0.3 is 11.4 Å². The number of amides is 2. The third-order valence-electron chi connectivity index (χ3n) is 7.80. The Morgan fingerprint density at radius 2 is 1.56 bits per heavy atom. The van der Waals surface area contributed by atoms with E-state index in [1.165, 1.54) is 25.3 Å². The maximum Gasteiger partial charge on any atom is 0.347 e. The van der Waals surface area contributed by atoms with Gasteiger partial charge in [0.2, 0.25) is 5.82 Å². The number of carbonyl (C=O) groups is 2. The highest BCUT2D eigenvalue weighted by molar-refractivity contribution is 6.58. The number of hydrogen-bond acceptors (Lipinski definition) is 6. The fraction of sp³-hybridized carbons (Fsp3) is 0.333. The number of allylic oxidation sites excluding steroid dienone is 2. The number of fused-ring (bicyclic) bond motifs is 4. The van der Waals surface area contributed by atoms with Gasteiger partial charge in [-0.3, -0.25) is 9.59 Å². The Morgan fingerprint density at radius 3 is 2.15 bits per heavy atom. The SMILES string of the molecule is Cn1c(=O)n2n(c1=O)[C@@H]1C[C@@]3(Cl)C(=O)N(c4c(F)c(F)c(F)c(F)c4F)C(=O)[C@@]3(Cl)[C@@H](c3ccc(CO)o3)C1=CC2. The summed E-state index contributed by atoms with van der Waals surface area (Å²) in [5.41, 5.74) is -3.31. The van der Waals surface area contributed by atoms with Crippen LogP contribution in [0.25, 0.3) is 0 Å². The number of rotatable bonds is 3. The van der Waals surface area contributed by atoms with E-state index in [2.05, 4.69) is 0 Å². The Morgan fingerprint density at radius 1 is 0.951 bits per heavy atom. The van der Waals surface area contributed by atoms with Gasteiger partial charge in [-0.2, -0.15) is 0 Å². The molecule has 3 aliphatic rings. The standard InChI is InChI=1S/C24H15Cl2F5N4O6/c1-32-21(39)33-5-4-9-10(35(33)22(32)40)6-23(25)19(37)34(18-16(30)14(28)13(27)15(29)17(18)31)20(38)24(23,26)12(9)11-3-2-8(7-36)41-11/h2-4,10,12,36H,5-7H2,1H3/t10-,12-,23-,24+/m1/s1. The van der Waals surface area contributed by atoms with Crippen molar-refractivity contribution in [1.29, 1.82) is 0 Å². The van der Waals surface area contributed by atoms with Gasteiger partial charge in [0.15, 0.2) is 33.0 Å². The first-order chi connectivity index (χ1) is 19.2. The van der Waals surface area contributed by atoms with Crippen LogP contribution < -0.4 is 16.3 Å². The molecule has 216 valence electrons. The molecule has 1 saturated carbocycles. The summed E-state index contributed by atoms with van der Waals surface area (Å²) in [6, 6.07) is 1.32. The lowest BCUT2D eigenvalue weighted by atomic mass is 9.65. The van der Waals surface area contributed by atoms with E-state index in [0.29, 0.717) is 0 Å². The van der Waals surface area contributed by atoms with Gasteiger partial charge in [-0.25, -0.2) is 50.4 Å². The lowest BCUT2D eigenvalue weighted by Crippen LogP contribution is -2.59. The maximum atomic E-state index is 14.9. The van der Waals surface area contributed by atoms with Gasteiger partial charge in [-0.05, 0) is 17.7 Å². The maximum absolute atomic E-state index is 14.9. The number of halogens is 7. The van der Waals surface area contributed by atoms with E-state index < -0.39 is 92.7 Å². The Hall–Kier alpha value is -3.69. The second-order valence-electron chi connectivity index (χ2n) is 9.75. The summed E-state index contributed by atoms with van der Waals surface area (Å²) in [7, 11) is 1.19. The van der Waals surface area contributed by atoms with E-state index in [4.69, 9.17) is 27.6 Å². The second-order valence-corrected chi connectivity index (χ2v) is 11.0. The van der Waals surface area contributed by atoms with Gasteiger partial charge in [0, 0.05) is 13.5 Å². The number of aliphatic hydroxyl groups excluding tert-OH is 1. The molecule has 4 atom stereocenters. The minimum atomic E-state index is -2.71. The third-order valence-corrected chi connectivity index (χ3v) is 9.22. The molecule has 0 bridgehead atoms. The molecule has 1 aromatic carbocycles. The number of nitrogens with zero attached hydrogens (tertiary/aromatic N) is 4. The lowest BCUT2D eigenvalue weighted by molar-refractivity contribution is -0.122. The van der Waals surface area contributed by atoms with Crippen LogP contribution in [0.2, 0.25) is 0 Å². The molecule has 10 nitrogen and oxygen atoms in total. The lowest BCUT2D eigenvalue weighted by Gasteiger charge is -2.48. The quantitative estimate of drug-likeness (QED) is 0.120. The first-order valence-electron chi connectivity index (χ1n) is 11.8. The molecule has 3 aromatic rings. The Kier molecular flexibility index (Phi) is 5.80. The van der Waals surface area contributed by atoms with Crippen LogP contribution in [0.4, 0.5) is 27.6 Å². The number of carbonyl (C=O) groups excluding carboxylic acids is 2. The summed E-state index contributed by atoms with van der Waals surface area (Å²) in [6.07, 6.45) is 0.713. The van der Waals surface area contributed by atoms with Crippen LogP contribution in [0.1, 0.15) is 29.9 Å². The number of aliphatic hydroxyl groups is 1. The molecule has 17 heteroatoms. The molecule has 4 heterocycles. The van der Waals surface area contributed by atoms with Crippen LogP contribution in [0.5, 0.6) is 0 Å². The first kappa shape index (κ1) is 27.5. The summed E-state index contributed by atoms with van der Waals surface area (Å²) in [4.78, 5) is 47.8. The van der Waals surface area contributed by atoms with Crippen molar-refractivity contribution in [3.05, 3.63) is 85.4 Å². The molecular weight excluding hydrogens is 606 g/mol. The smallest absolute Gasteiger partial charge is 0.347 e. The van der Waals surface area contributed by atoms with E-state index in [1.807, 2.05) is 0 Å². The molecule has 2 aliphatic heterocycles. The zero-order valence-corrected chi connectivity index (χ0v) is 21.9. The van der Waals surface area contributed by atoms with Crippen LogP contribution >= 0.6 is 23.2 Å². The van der Waals surface area contributed by atoms with Crippen LogP contribution in [0, 0.1) is 29.1 Å². The zero-order valence-electron chi connectivity index (χ0n) is 20.4. The summed E-state index contributed by atoms with van der Waals surface area (Å²) in [5, 5.41) is 9.54. The van der Waals surface area contributed by atoms with Crippen molar-refractivity contribution in [2.45, 2.75) is 41.3 Å². The van der Waals surface area contributed by atoms with Gasteiger partial charge in [0.05, 0.1) is 18.5 Å². The van der Waals surface area contributed by atoms with Crippen molar-refractivity contribution in [2.24, 2.45) is 7.05 Å². The largest absolute Gasteiger partial charge is 0.463 e. The average Bonchev–Trinajstić information content (AvgIpc) is 3.55. The van der Waals surface area contributed by atoms with E-state index in [1.54, 1.807) is 0 Å². The molecule has 2 amide bonds. The van der Waals surface area contributed by atoms with Crippen LogP contribution in [-0.2, 0) is 29.8 Å². The fourth-order valence-corrected chi connectivity index (χ4v) is 6.78. The molecule has 1 saturated heterocycles. The number of furan rings is 1. The van der Waals surface area contributed by atoms with Crippen molar-refractivity contribution >= 4 is 40.7 Å². The minimum absolute atomic E-state index is 0.0267. The van der Waals surface area contributed by atoms with Gasteiger partial charge in [-0.15, -0.1) is 23.2 Å².